The highest BCUT2D eigenvalue weighted by atomic mass is 31.2. The standard InChI is InChI=1S/C16H32N3O3P/c1-13(2)16(20)18(8)10-12-22-23(21-11-9-17-7)19(14(3)4)15(5)6/h13-15H,9-12H2,1-6,8H3. The van der Waals surface area contributed by atoms with Gasteiger partial charge in [-0.3, -0.25) is 4.79 Å². The van der Waals surface area contributed by atoms with Crippen molar-refractivity contribution >= 4 is 14.4 Å². The van der Waals surface area contributed by atoms with E-state index in [1.54, 1.807) is 11.9 Å². The Morgan fingerprint density at radius 1 is 1.09 bits per heavy atom. The summed E-state index contributed by atoms with van der Waals surface area (Å²) in [4.78, 5) is 16.9. The van der Waals surface area contributed by atoms with Gasteiger partial charge in [0.05, 0.1) is 6.61 Å². The molecule has 1 unspecified atom stereocenters. The first kappa shape index (κ1) is 22.3. The van der Waals surface area contributed by atoms with Crippen LogP contribution < -0.4 is 0 Å². The Morgan fingerprint density at radius 2 is 1.61 bits per heavy atom. The molecule has 0 N–H and O–H groups in total. The van der Waals surface area contributed by atoms with E-state index in [-0.39, 0.29) is 23.9 Å². The summed E-state index contributed by atoms with van der Waals surface area (Å²) in [6.45, 7) is 20.7. The Balaban J connectivity index is 4.63. The molecule has 0 aliphatic rings. The number of amides is 1. The number of hydrogen-bond donors (Lipinski definition) is 0. The first-order valence-corrected chi connectivity index (χ1v) is 9.27. The molecule has 0 radical (unpaired) electrons. The molecule has 0 aromatic heterocycles. The van der Waals surface area contributed by atoms with Crippen LogP contribution >= 0.6 is 8.53 Å². The van der Waals surface area contributed by atoms with Crippen LogP contribution in [0.15, 0.2) is 0 Å². The van der Waals surface area contributed by atoms with E-state index in [9.17, 15) is 4.79 Å². The van der Waals surface area contributed by atoms with Crippen molar-refractivity contribution in [3.8, 4) is 0 Å². The molecule has 6 nitrogen and oxygen atoms in total. The van der Waals surface area contributed by atoms with Gasteiger partial charge in [0.25, 0.3) is 8.53 Å². The van der Waals surface area contributed by atoms with Crippen LogP contribution in [0.5, 0.6) is 0 Å². The minimum absolute atomic E-state index is 0.0146. The summed E-state index contributed by atoms with van der Waals surface area (Å²) in [5.41, 5.74) is 0. The Bertz CT molecular complexity index is 375. The van der Waals surface area contributed by atoms with E-state index < -0.39 is 8.53 Å². The fourth-order valence-electron chi connectivity index (χ4n) is 2.12. The van der Waals surface area contributed by atoms with Crippen molar-refractivity contribution in [2.24, 2.45) is 5.92 Å². The maximum Gasteiger partial charge on any atom is 0.259 e. The number of carbonyl (C=O) groups is 1. The van der Waals surface area contributed by atoms with Gasteiger partial charge in [-0.1, -0.05) is 13.8 Å². The summed E-state index contributed by atoms with van der Waals surface area (Å²) >= 11 is 0. The van der Waals surface area contributed by atoms with Crippen molar-refractivity contribution in [1.29, 1.82) is 0 Å². The maximum atomic E-state index is 11.9. The van der Waals surface area contributed by atoms with E-state index in [2.05, 4.69) is 37.2 Å². The zero-order valence-corrected chi connectivity index (χ0v) is 16.5. The molecule has 0 aliphatic heterocycles. The maximum absolute atomic E-state index is 11.9. The third-order valence-electron chi connectivity index (χ3n) is 3.15. The second kappa shape index (κ2) is 11.8. The number of likely N-dealkylation sites (N-methyl/N-ethyl adjacent to an activating group) is 1. The molecule has 0 saturated heterocycles. The van der Waals surface area contributed by atoms with Gasteiger partial charge in [-0.05, 0) is 27.7 Å². The summed E-state index contributed by atoms with van der Waals surface area (Å²) in [6, 6.07) is 0.563. The van der Waals surface area contributed by atoms with Gasteiger partial charge >= 0.3 is 0 Å². The summed E-state index contributed by atoms with van der Waals surface area (Å²) in [7, 11) is 0.560. The van der Waals surface area contributed by atoms with Gasteiger partial charge < -0.3 is 18.8 Å². The fourth-order valence-corrected chi connectivity index (χ4v) is 3.69. The van der Waals surface area contributed by atoms with Crippen LogP contribution in [0.1, 0.15) is 41.5 Å². The SMILES string of the molecule is [C-]#[N+]CCOP(OCCN(C)C(=O)C(C)C)N(C(C)C)C(C)C. The van der Waals surface area contributed by atoms with E-state index in [0.29, 0.717) is 26.3 Å². The van der Waals surface area contributed by atoms with Crippen molar-refractivity contribution in [3.63, 3.8) is 0 Å². The minimum atomic E-state index is -1.23. The minimum Gasteiger partial charge on any atom is -0.343 e. The Morgan fingerprint density at radius 3 is 2.04 bits per heavy atom. The van der Waals surface area contributed by atoms with Gasteiger partial charge in [0.1, 0.15) is 6.61 Å². The average Bonchev–Trinajstić information content (AvgIpc) is 2.45. The van der Waals surface area contributed by atoms with E-state index in [4.69, 9.17) is 15.6 Å². The highest BCUT2D eigenvalue weighted by molar-refractivity contribution is 7.44. The Hall–Kier alpha value is -0.730. The zero-order valence-electron chi connectivity index (χ0n) is 15.6. The van der Waals surface area contributed by atoms with Gasteiger partial charge in [-0.15, -0.1) is 0 Å². The summed E-state index contributed by atoms with van der Waals surface area (Å²) < 4.78 is 13.9. The summed E-state index contributed by atoms with van der Waals surface area (Å²) in [5.74, 6) is 0.0932. The largest absolute Gasteiger partial charge is 0.343 e. The van der Waals surface area contributed by atoms with Crippen molar-refractivity contribution in [1.82, 2.24) is 9.57 Å². The molecule has 0 saturated carbocycles. The fraction of sp³-hybridized carbons (Fsp3) is 0.875. The lowest BCUT2D eigenvalue weighted by molar-refractivity contribution is -0.133. The van der Waals surface area contributed by atoms with Gasteiger partial charge in [-0.2, -0.15) is 0 Å². The third-order valence-corrected chi connectivity index (χ3v) is 5.26. The molecule has 23 heavy (non-hydrogen) atoms. The molecule has 0 rings (SSSR count). The molecular formula is C16H32N3O3P. The molecule has 0 spiro atoms. The average molecular weight is 345 g/mol. The van der Waals surface area contributed by atoms with Crippen LogP contribution in [0.25, 0.3) is 4.85 Å². The Kier molecular flexibility index (Phi) is 11.4. The van der Waals surface area contributed by atoms with Crippen molar-refractivity contribution < 1.29 is 13.8 Å². The molecule has 0 aliphatic carbocycles. The van der Waals surface area contributed by atoms with Crippen LogP contribution in [-0.2, 0) is 13.8 Å². The molecule has 0 heterocycles. The highest BCUT2D eigenvalue weighted by Crippen LogP contribution is 2.45. The van der Waals surface area contributed by atoms with Gasteiger partial charge in [0, 0.05) is 31.6 Å². The number of hydrogen-bond acceptors (Lipinski definition) is 4. The molecule has 0 aromatic carbocycles. The lowest BCUT2D eigenvalue weighted by atomic mass is 10.2. The molecule has 1 atom stereocenters. The van der Waals surface area contributed by atoms with Crippen molar-refractivity contribution in [3.05, 3.63) is 11.4 Å². The van der Waals surface area contributed by atoms with Crippen LogP contribution in [0.4, 0.5) is 0 Å². The van der Waals surface area contributed by atoms with Gasteiger partial charge in [0.15, 0.2) is 0 Å². The number of nitrogens with zero attached hydrogens (tertiary/aromatic N) is 3. The van der Waals surface area contributed by atoms with Crippen LogP contribution in [0.3, 0.4) is 0 Å². The molecule has 7 heteroatoms. The van der Waals surface area contributed by atoms with Crippen LogP contribution in [0, 0.1) is 12.5 Å². The molecule has 1 amide bonds. The van der Waals surface area contributed by atoms with E-state index in [0.717, 1.165) is 0 Å². The molecule has 0 bridgehead atoms. The second-order valence-corrected chi connectivity index (χ2v) is 7.72. The molecule has 0 fully saturated rings. The van der Waals surface area contributed by atoms with E-state index >= 15 is 0 Å². The predicted octanol–water partition coefficient (Wildman–Crippen LogP) is 3.40. The monoisotopic (exact) mass is 345 g/mol. The first-order chi connectivity index (χ1) is 10.7. The molecular weight excluding hydrogens is 313 g/mol. The van der Waals surface area contributed by atoms with Gasteiger partial charge in [-0.25, -0.2) is 11.2 Å². The smallest absolute Gasteiger partial charge is 0.259 e. The van der Waals surface area contributed by atoms with Crippen molar-refractivity contribution in [2.75, 3.05) is 33.4 Å². The Labute approximate surface area is 142 Å². The number of carbonyl (C=O) groups excluding carboxylic acids is 1. The van der Waals surface area contributed by atoms with E-state index in [1.807, 2.05) is 13.8 Å². The number of rotatable bonds is 11. The summed E-state index contributed by atoms with van der Waals surface area (Å²) in [6.07, 6.45) is 0. The molecule has 0 aromatic rings. The second-order valence-electron chi connectivity index (χ2n) is 6.27. The van der Waals surface area contributed by atoms with Crippen molar-refractivity contribution in [2.45, 2.75) is 53.6 Å². The summed E-state index contributed by atoms with van der Waals surface area (Å²) in [5, 5.41) is 0. The van der Waals surface area contributed by atoms with Crippen LogP contribution in [-0.4, -0.2) is 60.9 Å². The zero-order chi connectivity index (χ0) is 18.0. The van der Waals surface area contributed by atoms with E-state index in [1.165, 1.54) is 0 Å². The highest BCUT2D eigenvalue weighted by Gasteiger charge is 2.27. The lowest BCUT2D eigenvalue weighted by Crippen LogP contribution is -2.36. The predicted molar refractivity (Wildman–Crippen MR) is 94.9 cm³/mol. The topological polar surface area (TPSA) is 46.4 Å². The third kappa shape index (κ3) is 8.62. The normalized spacial score (nSPS) is 13.0. The first-order valence-electron chi connectivity index (χ1n) is 8.14. The quantitative estimate of drug-likeness (QED) is 0.327. The lowest BCUT2D eigenvalue weighted by Gasteiger charge is -2.35. The molecule has 134 valence electrons. The van der Waals surface area contributed by atoms with Gasteiger partial charge in [0.2, 0.25) is 12.5 Å². The van der Waals surface area contributed by atoms with Crippen LogP contribution in [0.2, 0.25) is 0 Å².